The van der Waals surface area contributed by atoms with E-state index in [1.54, 1.807) is 20.0 Å². The number of aromatic nitrogens is 4. The van der Waals surface area contributed by atoms with Crippen molar-refractivity contribution in [2.45, 2.75) is 53.6 Å². The van der Waals surface area contributed by atoms with Crippen LogP contribution in [-0.4, -0.2) is 37.3 Å². The largest absolute Gasteiger partial charge is 0.440 e. The molecule has 0 N–H and O–H groups in total. The van der Waals surface area contributed by atoms with Crippen molar-refractivity contribution in [1.29, 1.82) is 0 Å². The first kappa shape index (κ1) is 17.5. The van der Waals surface area contributed by atoms with Crippen LogP contribution < -0.4 is 0 Å². The second kappa shape index (κ2) is 6.37. The van der Waals surface area contributed by atoms with E-state index in [1.165, 1.54) is 0 Å². The Labute approximate surface area is 157 Å². The highest BCUT2D eigenvalue weighted by molar-refractivity contribution is 5.96. The molecule has 0 spiro atoms. The van der Waals surface area contributed by atoms with Crippen LogP contribution >= 0.6 is 0 Å². The van der Waals surface area contributed by atoms with E-state index in [1.807, 2.05) is 16.5 Å². The van der Waals surface area contributed by atoms with Crippen molar-refractivity contribution in [3.63, 3.8) is 0 Å². The molecule has 8 nitrogen and oxygen atoms in total. The number of amides is 1. The first-order valence-electron chi connectivity index (χ1n) is 9.12. The van der Waals surface area contributed by atoms with Gasteiger partial charge in [-0.1, -0.05) is 5.16 Å². The Kier molecular flexibility index (Phi) is 4.13. The van der Waals surface area contributed by atoms with E-state index in [-0.39, 0.29) is 11.9 Å². The van der Waals surface area contributed by atoms with E-state index in [0.29, 0.717) is 41.7 Å². The van der Waals surface area contributed by atoms with Gasteiger partial charge in [0.25, 0.3) is 5.91 Å². The van der Waals surface area contributed by atoms with E-state index in [9.17, 15) is 4.79 Å². The number of aryl methyl sites for hydroxylation is 3. The van der Waals surface area contributed by atoms with Crippen molar-refractivity contribution in [2.75, 3.05) is 6.54 Å². The molecule has 0 aliphatic carbocycles. The van der Waals surface area contributed by atoms with Crippen LogP contribution in [0.15, 0.2) is 15.1 Å². The molecule has 0 bridgehead atoms. The topological polar surface area (TPSA) is 90.2 Å². The standard InChI is InChI=1S/C19H23N5O3/c1-10(2)24-15-6-7-23(19(25)16-12(4)22-27-13(16)5)9-14(15)17(21-24)18-20-8-11(3)26-18/h8,10H,6-7,9H2,1-5H3. The molecule has 1 aliphatic heterocycles. The fraction of sp³-hybridized carbons (Fsp3) is 0.474. The van der Waals surface area contributed by atoms with Gasteiger partial charge in [0.1, 0.15) is 17.1 Å². The average molecular weight is 369 g/mol. The smallest absolute Gasteiger partial charge is 0.259 e. The molecule has 27 heavy (non-hydrogen) atoms. The van der Waals surface area contributed by atoms with Gasteiger partial charge in [0.05, 0.1) is 18.4 Å². The molecule has 0 radical (unpaired) electrons. The molecule has 0 saturated carbocycles. The van der Waals surface area contributed by atoms with E-state index in [2.05, 4.69) is 24.0 Å². The van der Waals surface area contributed by atoms with Gasteiger partial charge in [0.2, 0.25) is 5.89 Å². The minimum Gasteiger partial charge on any atom is -0.440 e. The van der Waals surface area contributed by atoms with Crippen molar-refractivity contribution in [3.05, 3.63) is 40.2 Å². The molecule has 1 amide bonds. The van der Waals surface area contributed by atoms with Crippen LogP contribution in [0.4, 0.5) is 0 Å². The van der Waals surface area contributed by atoms with E-state index >= 15 is 0 Å². The van der Waals surface area contributed by atoms with E-state index in [0.717, 1.165) is 23.4 Å². The van der Waals surface area contributed by atoms with Gasteiger partial charge >= 0.3 is 0 Å². The fourth-order valence-corrected chi connectivity index (χ4v) is 3.63. The molecular formula is C19H23N5O3. The minimum atomic E-state index is -0.0660. The normalized spacial score (nSPS) is 14.1. The van der Waals surface area contributed by atoms with Gasteiger partial charge in [0, 0.05) is 30.3 Å². The third kappa shape index (κ3) is 2.85. The highest BCUT2D eigenvalue weighted by atomic mass is 16.5. The lowest BCUT2D eigenvalue weighted by Crippen LogP contribution is -2.37. The van der Waals surface area contributed by atoms with Crippen molar-refractivity contribution in [3.8, 4) is 11.6 Å². The summed E-state index contributed by atoms with van der Waals surface area (Å²) in [4.78, 5) is 19.2. The van der Waals surface area contributed by atoms with Crippen LogP contribution in [-0.2, 0) is 13.0 Å². The Balaban J connectivity index is 1.74. The molecule has 8 heteroatoms. The zero-order chi connectivity index (χ0) is 19.3. The van der Waals surface area contributed by atoms with E-state index < -0.39 is 0 Å². The summed E-state index contributed by atoms with van der Waals surface area (Å²) in [6.07, 6.45) is 2.42. The third-order valence-corrected chi connectivity index (χ3v) is 4.93. The summed E-state index contributed by atoms with van der Waals surface area (Å²) < 4.78 is 12.9. The maximum absolute atomic E-state index is 13.1. The first-order chi connectivity index (χ1) is 12.9. The molecule has 0 unspecified atom stereocenters. The Morgan fingerprint density at radius 3 is 2.63 bits per heavy atom. The summed E-state index contributed by atoms with van der Waals surface area (Å²) in [5.41, 5.74) is 4.01. The maximum Gasteiger partial charge on any atom is 0.259 e. The van der Waals surface area contributed by atoms with Crippen LogP contribution in [0.25, 0.3) is 11.6 Å². The fourth-order valence-electron chi connectivity index (χ4n) is 3.63. The van der Waals surface area contributed by atoms with Crippen LogP contribution in [0.3, 0.4) is 0 Å². The molecule has 3 aromatic rings. The van der Waals surface area contributed by atoms with Gasteiger partial charge in [0.15, 0.2) is 5.69 Å². The summed E-state index contributed by atoms with van der Waals surface area (Å²) in [5.74, 6) is 1.71. The van der Waals surface area contributed by atoms with Crippen molar-refractivity contribution in [2.24, 2.45) is 0 Å². The molecule has 0 fully saturated rings. The van der Waals surface area contributed by atoms with E-state index in [4.69, 9.17) is 14.0 Å². The van der Waals surface area contributed by atoms with Gasteiger partial charge < -0.3 is 13.8 Å². The van der Waals surface area contributed by atoms with Crippen molar-refractivity contribution in [1.82, 2.24) is 24.8 Å². The third-order valence-electron chi connectivity index (χ3n) is 4.93. The zero-order valence-electron chi connectivity index (χ0n) is 16.2. The summed E-state index contributed by atoms with van der Waals surface area (Å²) in [6, 6.07) is 0.216. The van der Waals surface area contributed by atoms with Crippen molar-refractivity contribution >= 4 is 5.91 Å². The number of rotatable bonds is 3. The molecule has 4 heterocycles. The molecule has 3 aromatic heterocycles. The number of carbonyl (C=O) groups is 1. The Morgan fingerprint density at radius 2 is 2.04 bits per heavy atom. The van der Waals surface area contributed by atoms with Gasteiger partial charge in [-0.05, 0) is 34.6 Å². The van der Waals surface area contributed by atoms with Crippen molar-refractivity contribution < 1.29 is 13.7 Å². The molecule has 4 rings (SSSR count). The summed E-state index contributed by atoms with van der Waals surface area (Å²) in [7, 11) is 0. The summed E-state index contributed by atoms with van der Waals surface area (Å²) in [5, 5.41) is 8.67. The molecular weight excluding hydrogens is 346 g/mol. The van der Waals surface area contributed by atoms with Gasteiger partial charge in [-0.15, -0.1) is 0 Å². The Bertz CT molecular complexity index is 991. The second-order valence-electron chi connectivity index (χ2n) is 7.26. The maximum atomic E-state index is 13.1. The summed E-state index contributed by atoms with van der Waals surface area (Å²) >= 11 is 0. The Morgan fingerprint density at radius 1 is 1.26 bits per heavy atom. The van der Waals surface area contributed by atoms with Crippen LogP contribution in [0.2, 0.25) is 0 Å². The number of hydrogen-bond acceptors (Lipinski definition) is 6. The molecule has 0 aromatic carbocycles. The second-order valence-corrected chi connectivity index (χ2v) is 7.26. The lowest BCUT2D eigenvalue weighted by molar-refractivity contribution is 0.0730. The Hall–Kier alpha value is -2.90. The van der Waals surface area contributed by atoms with Crippen LogP contribution in [0, 0.1) is 20.8 Å². The quantitative estimate of drug-likeness (QED) is 0.704. The minimum absolute atomic E-state index is 0.0660. The monoisotopic (exact) mass is 369 g/mol. The number of nitrogens with zero attached hydrogens (tertiary/aromatic N) is 5. The van der Waals surface area contributed by atoms with Crippen LogP contribution in [0.5, 0.6) is 0 Å². The molecule has 0 atom stereocenters. The predicted molar refractivity (Wildman–Crippen MR) is 97.3 cm³/mol. The zero-order valence-corrected chi connectivity index (χ0v) is 16.2. The molecule has 0 saturated heterocycles. The summed E-state index contributed by atoms with van der Waals surface area (Å²) in [6.45, 7) is 10.7. The number of carbonyl (C=O) groups excluding carboxylic acids is 1. The molecule has 142 valence electrons. The SMILES string of the molecule is Cc1cnc(-c2nn(C(C)C)c3c2CN(C(=O)c2c(C)noc2C)CC3)o1. The van der Waals surface area contributed by atoms with Gasteiger partial charge in [-0.3, -0.25) is 9.48 Å². The van der Waals surface area contributed by atoms with Gasteiger partial charge in [-0.25, -0.2) is 4.98 Å². The lowest BCUT2D eigenvalue weighted by Gasteiger charge is -2.28. The predicted octanol–water partition coefficient (Wildman–Crippen LogP) is 3.23. The van der Waals surface area contributed by atoms with Gasteiger partial charge in [-0.2, -0.15) is 5.10 Å². The van der Waals surface area contributed by atoms with Crippen LogP contribution in [0.1, 0.15) is 58.7 Å². The first-order valence-corrected chi connectivity index (χ1v) is 9.12. The number of oxazole rings is 1. The molecule has 1 aliphatic rings. The number of hydrogen-bond donors (Lipinski definition) is 0. The number of fused-ring (bicyclic) bond motifs is 1. The lowest BCUT2D eigenvalue weighted by atomic mass is 10.0. The highest BCUT2D eigenvalue weighted by Crippen LogP contribution is 2.32. The highest BCUT2D eigenvalue weighted by Gasteiger charge is 2.32. The average Bonchev–Trinajstić information content (AvgIpc) is 3.31.